The van der Waals surface area contributed by atoms with Crippen molar-refractivity contribution in [3.63, 3.8) is 0 Å². The van der Waals surface area contributed by atoms with Crippen LogP contribution in [0, 0.1) is 11.3 Å². The molecule has 6 heteroatoms. The summed E-state index contributed by atoms with van der Waals surface area (Å²) in [5.74, 6) is -0.197. The summed E-state index contributed by atoms with van der Waals surface area (Å²) in [6.07, 6.45) is -0.0949. The first kappa shape index (κ1) is 12.0. The monoisotopic (exact) mass is 251 g/mol. The summed E-state index contributed by atoms with van der Waals surface area (Å²) in [4.78, 5) is 0. The average molecular weight is 252 g/mol. The quantitative estimate of drug-likeness (QED) is 0.822. The number of hydrogen-bond donors (Lipinski definition) is 0. The number of rotatable bonds is 3. The molecule has 0 spiro atoms. The van der Waals surface area contributed by atoms with Crippen LogP contribution in [0.4, 0.5) is 8.78 Å². The van der Waals surface area contributed by atoms with Crippen LogP contribution in [-0.4, -0.2) is 6.61 Å². The van der Waals surface area contributed by atoms with E-state index in [9.17, 15) is 8.78 Å². The lowest BCUT2D eigenvalue weighted by Gasteiger charge is -2.10. The van der Waals surface area contributed by atoms with Gasteiger partial charge in [-0.15, -0.1) is 0 Å². The normalized spacial score (nSPS) is 10.1. The third kappa shape index (κ3) is 3.22. The first-order valence-corrected chi connectivity index (χ1v) is 4.60. The number of benzene rings is 1. The molecule has 0 fully saturated rings. The summed E-state index contributed by atoms with van der Waals surface area (Å²) in [7, 11) is 0. The van der Waals surface area contributed by atoms with Gasteiger partial charge >= 0.3 is 6.61 Å². The molecule has 0 heterocycles. The highest BCUT2D eigenvalue weighted by Gasteiger charge is 2.14. The van der Waals surface area contributed by atoms with Crippen LogP contribution in [-0.2, 0) is 6.42 Å². The van der Waals surface area contributed by atoms with Gasteiger partial charge in [0.25, 0.3) is 0 Å². The third-order valence-electron chi connectivity index (χ3n) is 1.56. The van der Waals surface area contributed by atoms with E-state index in [0.29, 0.717) is 0 Å². The highest BCUT2D eigenvalue weighted by molar-refractivity contribution is 6.35. The van der Waals surface area contributed by atoms with Crippen molar-refractivity contribution < 1.29 is 13.5 Å². The molecule has 0 saturated carbocycles. The lowest BCUT2D eigenvalue weighted by atomic mass is 10.1. The predicted molar refractivity (Wildman–Crippen MR) is 52.4 cm³/mol. The number of hydrogen-bond acceptors (Lipinski definition) is 2. The van der Waals surface area contributed by atoms with Crippen LogP contribution < -0.4 is 4.74 Å². The zero-order valence-electron chi connectivity index (χ0n) is 7.31. The summed E-state index contributed by atoms with van der Waals surface area (Å²) in [6.45, 7) is -2.99. The van der Waals surface area contributed by atoms with Crippen molar-refractivity contribution in [1.82, 2.24) is 0 Å². The molecule has 2 nitrogen and oxygen atoms in total. The number of halogens is 4. The second-order valence-electron chi connectivity index (χ2n) is 2.59. The van der Waals surface area contributed by atoms with Crippen molar-refractivity contribution >= 4 is 23.2 Å². The minimum atomic E-state index is -2.99. The minimum absolute atomic E-state index is 0.0342. The van der Waals surface area contributed by atoms with Crippen LogP contribution in [0.5, 0.6) is 5.75 Å². The fraction of sp³-hybridized carbons (Fsp3) is 0.222. The Kier molecular flexibility index (Phi) is 4.13. The van der Waals surface area contributed by atoms with E-state index in [1.54, 1.807) is 0 Å². The van der Waals surface area contributed by atoms with Crippen molar-refractivity contribution in [2.24, 2.45) is 0 Å². The van der Waals surface area contributed by atoms with Gasteiger partial charge in [-0.05, 0) is 12.1 Å². The van der Waals surface area contributed by atoms with E-state index in [4.69, 9.17) is 28.5 Å². The maximum atomic E-state index is 12.0. The lowest BCUT2D eigenvalue weighted by Crippen LogP contribution is -2.05. The van der Waals surface area contributed by atoms with Crippen LogP contribution in [0.2, 0.25) is 10.0 Å². The molecule has 1 aromatic rings. The summed E-state index contributed by atoms with van der Waals surface area (Å²) in [6, 6.07) is 4.46. The van der Waals surface area contributed by atoms with E-state index in [1.165, 1.54) is 12.1 Å². The van der Waals surface area contributed by atoms with Crippen LogP contribution >= 0.6 is 23.2 Å². The van der Waals surface area contributed by atoms with E-state index in [2.05, 4.69) is 4.74 Å². The van der Waals surface area contributed by atoms with Crippen molar-refractivity contribution in [2.45, 2.75) is 13.0 Å². The summed E-state index contributed by atoms with van der Waals surface area (Å²) >= 11 is 11.3. The van der Waals surface area contributed by atoms with Gasteiger partial charge in [0.1, 0.15) is 5.75 Å². The smallest absolute Gasteiger partial charge is 0.387 e. The van der Waals surface area contributed by atoms with Gasteiger partial charge < -0.3 is 4.74 Å². The predicted octanol–water partition coefficient (Wildman–Crippen LogP) is 3.66. The molecular weight excluding hydrogens is 247 g/mol. The molecule has 0 unspecified atom stereocenters. The fourth-order valence-corrected chi connectivity index (χ4v) is 1.63. The molecule has 0 saturated heterocycles. The van der Waals surface area contributed by atoms with Gasteiger partial charge in [-0.2, -0.15) is 14.0 Å². The van der Waals surface area contributed by atoms with Gasteiger partial charge in [-0.1, -0.05) is 23.2 Å². The molecule has 1 aromatic carbocycles. The largest absolute Gasteiger partial charge is 0.433 e. The molecular formula is C9H5Cl2F2NO. The SMILES string of the molecule is N#CCc1cc(Cl)cc(Cl)c1OC(F)F. The zero-order chi connectivity index (χ0) is 11.4. The summed E-state index contributed by atoms with van der Waals surface area (Å²) in [5, 5.41) is 8.72. The van der Waals surface area contributed by atoms with Gasteiger partial charge in [-0.3, -0.25) is 0 Å². The molecule has 80 valence electrons. The molecule has 0 aromatic heterocycles. The Hall–Kier alpha value is -1.05. The van der Waals surface area contributed by atoms with Gasteiger partial charge in [0.15, 0.2) is 0 Å². The molecule has 0 atom stereocenters. The first-order valence-electron chi connectivity index (χ1n) is 3.84. The Bertz CT molecular complexity index is 404. The van der Waals surface area contributed by atoms with Crippen molar-refractivity contribution in [3.05, 3.63) is 27.7 Å². The Morgan fingerprint density at radius 3 is 2.60 bits per heavy atom. The highest BCUT2D eigenvalue weighted by Crippen LogP contribution is 2.33. The van der Waals surface area contributed by atoms with Gasteiger partial charge in [-0.25, -0.2) is 0 Å². The molecule has 1 rings (SSSR count). The summed E-state index contributed by atoms with van der Waals surface area (Å²) in [5.41, 5.74) is 0.246. The first-order chi connectivity index (χ1) is 7.04. The summed E-state index contributed by atoms with van der Waals surface area (Å²) < 4.78 is 28.3. The fourth-order valence-electron chi connectivity index (χ4n) is 1.05. The van der Waals surface area contributed by atoms with Gasteiger partial charge in [0, 0.05) is 10.6 Å². The van der Waals surface area contributed by atoms with E-state index in [1.807, 2.05) is 6.07 Å². The second-order valence-corrected chi connectivity index (χ2v) is 3.43. The van der Waals surface area contributed by atoms with Crippen LogP contribution in [0.3, 0.4) is 0 Å². The molecule has 0 bridgehead atoms. The molecule has 0 radical (unpaired) electrons. The Morgan fingerprint density at radius 2 is 2.07 bits per heavy atom. The molecule has 0 N–H and O–H groups in total. The van der Waals surface area contributed by atoms with Gasteiger partial charge in [0.2, 0.25) is 0 Å². The molecule has 0 aliphatic rings. The lowest BCUT2D eigenvalue weighted by molar-refractivity contribution is -0.0503. The van der Waals surface area contributed by atoms with E-state index >= 15 is 0 Å². The molecule has 0 aliphatic carbocycles. The number of nitrogens with zero attached hydrogens (tertiary/aromatic N) is 1. The maximum absolute atomic E-state index is 12.0. The standard InChI is InChI=1S/C9H5Cl2F2NO/c10-6-3-5(1-2-14)8(7(11)4-6)15-9(12)13/h3-4,9H,1H2. The van der Waals surface area contributed by atoms with Crippen molar-refractivity contribution in [1.29, 1.82) is 5.26 Å². The number of ether oxygens (including phenoxy) is 1. The number of alkyl halides is 2. The second kappa shape index (κ2) is 5.15. The van der Waals surface area contributed by atoms with Crippen LogP contribution in [0.15, 0.2) is 12.1 Å². The zero-order valence-corrected chi connectivity index (χ0v) is 8.82. The molecule has 15 heavy (non-hydrogen) atoms. The maximum Gasteiger partial charge on any atom is 0.387 e. The van der Waals surface area contributed by atoms with Crippen LogP contribution in [0.25, 0.3) is 0 Å². The molecule has 0 amide bonds. The Morgan fingerprint density at radius 1 is 1.40 bits per heavy atom. The van der Waals surface area contributed by atoms with Crippen molar-refractivity contribution in [3.8, 4) is 11.8 Å². The Balaban J connectivity index is 3.15. The molecule has 0 aliphatic heterocycles. The minimum Gasteiger partial charge on any atom is -0.433 e. The van der Waals surface area contributed by atoms with Gasteiger partial charge in [0.05, 0.1) is 17.5 Å². The third-order valence-corrected chi connectivity index (χ3v) is 2.06. The Labute approximate surface area is 95.0 Å². The van der Waals surface area contributed by atoms with E-state index < -0.39 is 6.61 Å². The highest BCUT2D eigenvalue weighted by atomic mass is 35.5. The van der Waals surface area contributed by atoms with E-state index in [-0.39, 0.29) is 27.8 Å². The number of nitriles is 1. The van der Waals surface area contributed by atoms with Crippen LogP contribution in [0.1, 0.15) is 5.56 Å². The average Bonchev–Trinajstić information content (AvgIpc) is 2.11. The van der Waals surface area contributed by atoms with E-state index in [0.717, 1.165) is 0 Å². The van der Waals surface area contributed by atoms with Crippen molar-refractivity contribution in [2.75, 3.05) is 0 Å². The topological polar surface area (TPSA) is 33.0 Å².